The molecule has 1 aromatic carbocycles. The van der Waals surface area contributed by atoms with Gasteiger partial charge in [0.15, 0.2) is 5.58 Å². The van der Waals surface area contributed by atoms with Gasteiger partial charge in [-0.3, -0.25) is 9.48 Å². The number of furan rings is 1. The molecular weight excluding hydrogens is 392 g/mol. The van der Waals surface area contributed by atoms with Gasteiger partial charge in [0.2, 0.25) is 0 Å². The summed E-state index contributed by atoms with van der Waals surface area (Å²) < 4.78 is 12.9. The zero-order chi connectivity index (χ0) is 21.2. The molecule has 0 bridgehead atoms. The number of nitrogens with one attached hydrogen (secondary N) is 1. The Morgan fingerprint density at radius 2 is 2.10 bits per heavy atom. The van der Waals surface area contributed by atoms with E-state index in [4.69, 9.17) is 9.15 Å². The highest BCUT2D eigenvalue weighted by atomic mass is 16.5. The minimum atomic E-state index is -0.176. The van der Waals surface area contributed by atoms with Crippen molar-refractivity contribution in [3.8, 4) is 11.3 Å². The van der Waals surface area contributed by atoms with E-state index in [0.29, 0.717) is 29.8 Å². The Kier molecular flexibility index (Phi) is 5.26. The van der Waals surface area contributed by atoms with Crippen molar-refractivity contribution >= 4 is 17.0 Å². The fourth-order valence-corrected chi connectivity index (χ4v) is 3.97. The second-order valence-corrected chi connectivity index (χ2v) is 7.94. The summed E-state index contributed by atoms with van der Waals surface area (Å²) in [6.07, 6.45) is 6.07. The van der Waals surface area contributed by atoms with E-state index in [0.717, 1.165) is 41.8 Å². The molecule has 1 aliphatic rings. The van der Waals surface area contributed by atoms with Crippen molar-refractivity contribution in [1.29, 1.82) is 0 Å². The van der Waals surface area contributed by atoms with E-state index < -0.39 is 0 Å². The molecule has 1 amide bonds. The van der Waals surface area contributed by atoms with Gasteiger partial charge >= 0.3 is 0 Å². The van der Waals surface area contributed by atoms with Crippen molar-refractivity contribution in [2.45, 2.75) is 25.3 Å². The number of amides is 1. The number of hydrogen-bond acceptors (Lipinski definition) is 5. The van der Waals surface area contributed by atoms with Gasteiger partial charge in [0.1, 0.15) is 11.2 Å². The zero-order valence-corrected chi connectivity index (χ0v) is 17.4. The van der Waals surface area contributed by atoms with Gasteiger partial charge in [-0.2, -0.15) is 5.10 Å². The first kappa shape index (κ1) is 19.5. The largest absolute Gasteiger partial charge is 0.462 e. The molecule has 7 heteroatoms. The Hall–Kier alpha value is -3.45. The third kappa shape index (κ3) is 4.22. The minimum absolute atomic E-state index is 0.0330. The van der Waals surface area contributed by atoms with Gasteiger partial charge in [0.05, 0.1) is 24.6 Å². The molecule has 1 N–H and O–H groups in total. The maximum absolute atomic E-state index is 12.8. The smallest absolute Gasteiger partial charge is 0.270 e. The molecule has 1 fully saturated rings. The van der Waals surface area contributed by atoms with E-state index in [1.54, 1.807) is 17.0 Å². The van der Waals surface area contributed by atoms with Crippen LogP contribution in [0.4, 0.5) is 0 Å². The molecule has 5 rings (SSSR count). The minimum Gasteiger partial charge on any atom is -0.462 e. The van der Waals surface area contributed by atoms with Crippen molar-refractivity contribution in [1.82, 2.24) is 20.1 Å². The monoisotopic (exact) mass is 416 g/mol. The topological polar surface area (TPSA) is 82.2 Å². The summed E-state index contributed by atoms with van der Waals surface area (Å²) in [4.78, 5) is 17.3. The van der Waals surface area contributed by atoms with Crippen LogP contribution in [0.5, 0.6) is 0 Å². The Bertz CT molecular complexity index is 1200. The van der Waals surface area contributed by atoms with Crippen molar-refractivity contribution in [3.05, 3.63) is 71.7 Å². The zero-order valence-electron chi connectivity index (χ0n) is 17.4. The predicted octanol–water partition coefficient (Wildman–Crippen LogP) is 3.73. The van der Waals surface area contributed by atoms with Gasteiger partial charge in [0.25, 0.3) is 5.91 Å². The molecule has 1 atom stereocenters. The molecule has 7 nitrogen and oxygen atoms in total. The summed E-state index contributed by atoms with van der Waals surface area (Å²) in [6, 6.07) is 13.9. The summed E-state index contributed by atoms with van der Waals surface area (Å²) in [5.41, 5.74) is 5.87. The number of carbonyl (C=O) groups is 1. The third-order valence-corrected chi connectivity index (χ3v) is 5.57. The van der Waals surface area contributed by atoms with Crippen LogP contribution in [0.2, 0.25) is 0 Å². The van der Waals surface area contributed by atoms with Crippen LogP contribution in [0.1, 0.15) is 34.5 Å². The number of nitrogens with zero attached hydrogens (tertiary/aromatic N) is 3. The number of aryl methyl sites for hydroxylation is 1. The average Bonchev–Trinajstić information content (AvgIpc) is 3.44. The molecule has 0 aliphatic carbocycles. The van der Waals surface area contributed by atoms with Crippen LogP contribution in [0.15, 0.2) is 59.3 Å². The molecule has 0 spiro atoms. The SMILES string of the molecule is Cn1ccc(-c2ccc(Cc3cc(C(=O)NC4CCCOC4)nc4ccoc34)cc2)n1. The van der Waals surface area contributed by atoms with Crippen LogP contribution in [0, 0.1) is 0 Å². The molecule has 0 radical (unpaired) electrons. The molecule has 158 valence electrons. The Balaban J connectivity index is 1.38. The van der Waals surface area contributed by atoms with E-state index in [-0.39, 0.29) is 11.9 Å². The fraction of sp³-hybridized carbons (Fsp3) is 0.292. The first-order valence-electron chi connectivity index (χ1n) is 10.5. The van der Waals surface area contributed by atoms with Crippen molar-refractivity contribution in [3.63, 3.8) is 0 Å². The second kappa shape index (κ2) is 8.35. The third-order valence-electron chi connectivity index (χ3n) is 5.57. The average molecular weight is 416 g/mol. The Labute approximate surface area is 180 Å². The normalized spacial score (nSPS) is 16.5. The van der Waals surface area contributed by atoms with Gasteiger partial charge in [0, 0.05) is 43.5 Å². The maximum atomic E-state index is 12.8. The maximum Gasteiger partial charge on any atom is 0.270 e. The molecule has 1 saturated heterocycles. The van der Waals surface area contributed by atoms with Crippen LogP contribution in [-0.4, -0.2) is 39.9 Å². The molecule has 1 unspecified atom stereocenters. The summed E-state index contributed by atoms with van der Waals surface area (Å²) in [7, 11) is 1.91. The first-order chi connectivity index (χ1) is 15.2. The van der Waals surface area contributed by atoms with Gasteiger partial charge in [-0.15, -0.1) is 0 Å². The van der Waals surface area contributed by atoms with Crippen LogP contribution in [0.3, 0.4) is 0 Å². The van der Waals surface area contributed by atoms with Crippen LogP contribution in [-0.2, 0) is 18.2 Å². The van der Waals surface area contributed by atoms with E-state index in [1.165, 1.54) is 0 Å². The lowest BCUT2D eigenvalue weighted by molar-refractivity contribution is 0.0622. The lowest BCUT2D eigenvalue weighted by Gasteiger charge is -2.23. The Morgan fingerprint density at radius 3 is 2.84 bits per heavy atom. The number of ether oxygens (including phenoxy) is 1. The molecule has 0 saturated carbocycles. The van der Waals surface area contributed by atoms with Gasteiger partial charge < -0.3 is 14.5 Å². The Morgan fingerprint density at radius 1 is 1.23 bits per heavy atom. The van der Waals surface area contributed by atoms with Gasteiger partial charge in [-0.1, -0.05) is 24.3 Å². The van der Waals surface area contributed by atoms with Crippen molar-refractivity contribution in [2.75, 3.05) is 13.2 Å². The summed E-state index contributed by atoms with van der Waals surface area (Å²) in [5, 5.41) is 7.49. The van der Waals surface area contributed by atoms with E-state index in [9.17, 15) is 4.79 Å². The molecule has 4 heterocycles. The highest BCUT2D eigenvalue weighted by molar-refractivity contribution is 5.95. The van der Waals surface area contributed by atoms with Gasteiger partial charge in [-0.25, -0.2) is 4.98 Å². The molecular formula is C24H24N4O3. The number of hydrogen-bond donors (Lipinski definition) is 1. The molecule has 1 aliphatic heterocycles. The lowest BCUT2D eigenvalue weighted by Crippen LogP contribution is -2.40. The summed E-state index contributed by atoms with van der Waals surface area (Å²) in [5.74, 6) is -0.176. The fourth-order valence-electron chi connectivity index (χ4n) is 3.97. The van der Waals surface area contributed by atoms with Gasteiger partial charge in [-0.05, 0) is 30.5 Å². The number of pyridine rings is 1. The van der Waals surface area contributed by atoms with E-state index in [1.807, 2.05) is 25.4 Å². The van der Waals surface area contributed by atoms with E-state index in [2.05, 4.69) is 39.7 Å². The summed E-state index contributed by atoms with van der Waals surface area (Å²) >= 11 is 0. The quantitative estimate of drug-likeness (QED) is 0.536. The number of fused-ring (bicyclic) bond motifs is 1. The molecule has 31 heavy (non-hydrogen) atoms. The summed E-state index contributed by atoms with van der Waals surface area (Å²) in [6.45, 7) is 1.31. The van der Waals surface area contributed by atoms with E-state index >= 15 is 0 Å². The van der Waals surface area contributed by atoms with Crippen LogP contribution >= 0.6 is 0 Å². The molecule has 3 aromatic heterocycles. The van der Waals surface area contributed by atoms with Crippen molar-refractivity contribution in [2.24, 2.45) is 7.05 Å². The highest BCUT2D eigenvalue weighted by Crippen LogP contribution is 2.24. The van der Waals surface area contributed by atoms with Crippen LogP contribution < -0.4 is 5.32 Å². The first-order valence-corrected chi connectivity index (χ1v) is 10.5. The number of aromatic nitrogens is 3. The highest BCUT2D eigenvalue weighted by Gasteiger charge is 2.20. The predicted molar refractivity (Wildman–Crippen MR) is 117 cm³/mol. The second-order valence-electron chi connectivity index (χ2n) is 7.94. The number of benzene rings is 1. The van der Waals surface area contributed by atoms with Crippen molar-refractivity contribution < 1.29 is 13.9 Å². The molecule has 4 aromatic rings. The lowest BCUT2D eigenvalue weighted by atomic mass is 10.0. The number of rotatable bonds is 5. The number of carbonyl (C=O) groups excluding carboxylic acids is 1. The standard InChI is InChI=1S/C24H24N4O3/c1-28-10-8-20(27-28)17-6-4-16(5-7-17)13-18-14-22(26-21-9-12-31-23(18)21)24(29)25-19-3-2-11-30-15-19/h4-10,12,14,19H,2-3,11,13,15H2,1H3,(H,25,29). The van der Waals surface area contributed by atoms with Crippen LogP contribution in [0.25, 0.3) is 22.4 Å².